The second-order valence-corrected chi connectivity index (χ2v) is 7.48. The van der Waals surface area contributed by atoms with Gasteiger partial charge in [0, 0.05) is 19.3 Å². The molecule has 0 radical (unpaired) electrons. The number of hydrogen-bond donors (Lipinski definition) is 2. The zero-order chi connectivity index (χ0) is 19.7. The van der Waals surface area contributed by atoms with E-state index < -0.39 is 5.60 Å². The van der Waals surface area contributed by atoms with Gasteiger partial charge in [0.1, 0.15) is 11.4 Å². The van der Waals surface area contributed by atoms with Crippen LogP contribution in [0.3, 0.4) is 0 Å². The first-order chi connectivity index (χ1) is 13.4. The number of aromatic nitrogens is 1. The first-order valence-electron chi connectivity index (χ1n) is 9.42. The number of fused-ring (bicyclic) bond motifs is 1. The van der Waals surface area contributed by atoms with E-state index in [1.165, 1.54) is 0 Å². The standard InChI is InChI=1S/C21H23N3O4/c1-14-2-5-18(22-12-14)21(27)6-8-24(9-7-21)20(26)11-15-3-4-17-16(10-15)23-19(25)13-28-17/h2-5,10,12,27H,6-9,11,13H2,1H3,(H,23,25). The molecule has 0 aliphatic carbocycles. The molecular weight excluding hydrogens is 358 g/mol. The van der Waals surface area contributed by atoms with Gasteiger partial charge in [-0.25, -0.2) is 0 Å². The van der Waals surface area contributed by atoms with Crippen LogP contribution in [0.1, 0.15) is 29.7 Å². The molecule has 2 aromatic rings. The molecule has 28 heavy (non-hydrogen) atoms. The largest absolute Gasteiger partial charge is 0.482 e. The number of carbonyl (C=O) groups excluding carboxylic acids is 2. The van der Waals surface area contributed by atoms with Gasteiger partial charge in [-0.05, 0) is 49.1 Å². The maximum absolute atomic E-state index is 12.7. The maximum atomic E-state index is 12.7. The number of aliphatic hydroxyl groups is 1. The van der Waals surface area contributed by atoms with Gasteiger partial charge >= 0.3 is 0 Å². The van der Waals surface area contributed by atoms with Crippen LogP contribution in [0.4, 0.5) is 5.69 Å². The second kappa shape index (κ2) is 7.24. The minimum atomic E-state index is -0.988. The first kappa shape index (κ1) is 18.4. The quantitative estimate of drug-likeness (QED) is 0.846. The summed E-state index contributed by atoms with van der Waals surface area (Å²) in [4.78, 5) is 30.3. The van der Waals surface area contributed by atoms with Crippen LogP contribution >= 0.6 is 0 Å². The molecule has 4 rings (SSSR count). The van der Waals surface area contributed by atoms with Crippen LogP contribution in [-0.4, -0.2) is 46.5 Å². The lowest BCUT2D eigenvalue weighted by Crippen LogP contribution is -2.46. The maximum Gasteiger partial charge on any atom is 0.262 e. The average molecular weight is 381 g/mol. The Morgan fingerprint density at radius 1 is 1.29 bits per heavy atom. The fourth-order valence-electron chi connectivity index (χ4n) is 3.65. The smallest absolute Gasteiger partial charge is 0.262 e. The van der Waals surface area contributed by atoms with Crippen molar-refractivity contribution in [3.63, 3.8) is 0 Å². The van der Waals surface area contributed by atoms with Gasteiger partial charge in [-0.3, -0.25) is 14.6 Å². The number of anilines is 1. The highest BCUT2D eigenvalue weighted by Gasteiger charge is 2.36. The van der Waals surface area contributed by atoms with Crippen molar-refractivity contribution in [2.24, 2.45) is 0 Å². The Labute approximate surface area is 163 Å². The van der Waals surface area contributed by atoms with Crippen LogP contribution in [0.2, 0.25) is 0 Å². The Morgan fingerprint density at radius 2 is 2.07 bits per heavy atom. The number of ether oxygens (including phenoxy) is 1. The van der Waals surface area contributed by atoms with Crippen molar-refractivity contribution in [1.82, 2.24) is 9.88 Å². The van der Waals surface area contributed by atoms with E-state index in [0.717, 1.165) is 11.1 Å². The number of nitrogens with zero attached hydrogens (tertiary/aromatic N) is 2. The molecule has 1 aromatic carbocycles. The second-order valence-electron chi connectivity index (χ2n) is 7.48. The first-order valence-corrected chi connectivity index (χ1v) is 9.42. The number of hydrogen-bond acceptors (Lipinski definition) is 5. The average Bonchev–Trinajstić information content (AvgIpc) is 2.68. The van der Waals surface area contributed by atoms with Crippen LogP contribution in [0, 0.1) is 6.92 Å². The van der Waals surface area contributed by atoms with Crippen LogP contribution < -0.4 is 10.1 Å². The summed E-state index contributed by atoms with van der Waals surface area (Å²) in [6.45, 7) is 2.93. The third-order valence-electron chi connectivity index (χ3n) is 5.36. The predicted octanol–water partition coefficient (Wildman–Crippen LogP) is 1.77. The van der Waals surface area contributed by atoms with E-state index in [-0.39, 0.29) is 24.8 Å². The summed E-state index contributed by atoms with van der Waals surface area (Å²) in [5, 5.41) is 13.7. The Bertz CT molecular complexity index is 902. The number of piperidine rings is 1. The van der Waals surface area contributed by atoms with Crippen LogP contribution in [-0.2, 0) is 21.6 Å². The molecular formula is C21H23N3O4. The van der Waals surface area contributed by atoms with Gasteiger partial charge in [-0.15, -0.1) is 0 Å². The van der Waals surface area contributed by atoms with E-state index in [1.54, 1.807) is 23.2 Å². The van der Waals surface area contributed by atoms with E-state index >= 15 is 0 Å². The minimum absolute atomic E-state index is 0.00178. The van der Waals surface area contributed by atoms with E-state index in [9.17, 15) is 14.7 Å². The summed E-state index contributed by atoms with van der Waals surface area (Å²) < 4.78 is 5.34. The number of rotatable bonds is 3. The number of benzene rings is 1. The lowest BCUT2D eigenvalue weighted by Gasteiger charge is -2.38. The molecule has 2 N–H and O–H groups in total. The van der Waals surface area contributed by atoms with Gasteiger partial charge < -0.3 is 20.1 Å². The van der Waals surface area contributed by atoms with Crippen molar-refractivity contribution in [3.8, 4) is 5.75 Å². The molecule has 0 spiro atoms. The number of carbonyl (C=O) groups is 2. The highest BCUT2D eigenvalue weighted by Crippen LogP contribution is 2.32. The Kier molecular flexibility index (Phi) is 4.77. The zero-order valence-electron chi connectivity index (χ0n) is 15.8. The van der Waals surface area contributed by atoms with Crippen molar-refractivity contribution in [1.29, 1.82) is 0 Å². The summed E-state index contributed by atoms with van der Waals surface area (Å²) in [5.41, 5.74) is 2.13. The van der Waals surface area contributed by atoms with E-state index in [0.29, 0.717) is 43.1 Å². The van der Waals surface area contributed by atoms with Gasteiger partial charge in [0.15, 0.2) is 6.61 Å². The Morgan fingerprint density at radius 3 is 2.79 bits per heavy atom. The topological polar surface area (TPSA) is 91.8 Å². The van der Waals surface area contributed by atoms with Crippen LogP contribution in [0.5, 0.6) is 5.75 Å². The van der Waals surface area contributed by atoms with Gasteiger partial charge in [0.25, 0.3) is 5.91 Å². The molecule has 0 bridgehead atoms. The highest BCUT2D eigenvalue weighted by molar-refractivity contribution is 5.95. The highest BCUT2D eigenvalue weighted by atomic mass is 16.5. The molecule has 146 valence electrons. The summed E-state index contributed by atoms with van der Waals surface area (Å²) >= 11 is 0. The van der Waals surface area contributed by atoms with Crippen molar-refractivity contribution in [2.45, 2.75) is 31.8 Å². The van der Waals surface area contributed by atoms with Crippen molar-refractivity contribution < 1.29 is 19.4 Å². The SMILES string of the molecule is Cc1ccc(C2(O)CCN(C(=O)Cc3ccc4c(c3)NC(=O)CO4)CC2)nc1. The summed E-state index contributed by atoms with van der Waals surface area (Å²) in [5.74, 6) is 0.419. The number of pyridine rings is 1. The zero-order valence-corrected chi connectivity index (χ0v) is 15.8. The number of nitrogens with one attached hydrogen (secondary N) is 1. The predicted molar refractivity (Wildman–Crippen MR) is 103 cm³/mol. The lowest BCUT2D eigenvalue weighted by molar-refractivity contribution is -0.135. The molecule has 0 saturated carbocycles. The molecule has 7 nitrogen and oxygen atoms in total. The molecule has 0 unspecified atom stereocenters. The summed E-state index contributed by atoms with van der Waals surface area (Å²) in [7, 11) is 0. The number of amides is 2. The van der Waals surface area contributed by atoms with E-state index in [2.05, 4.69) is 10.3 Å². The van der Waals surface area contributed by atoms with Crippen LogP contribution in [0.25, 0.3) is 0 Å². The molecule has 1 aromatic heterocycles. The molecule has 2 amide bonds. The van der Waals surface area contributed by atoms with Gasteiger partial charge in [-0.1, -0.05) is 12.1 Å². The number of likely N-dealkylation sites (tertiary alicyclic amines) is 1. The summed E-state index contributed by atoms with van der Waals surface area (Å²) in [6, 6.07) is 9.19. The van der Waals surface area contributed by atoms with E-state index in [1.807, 2.05) is 25.1 Å². The van der Waals surface area contributed by atoms with Gasteiger partial charge in [-0.2, -0.15) is 0 Å². The molecule has 0 atom stereocenters. The monoisotopic (exact) mass is 381 g/mol. The minimum Gasteiger partial charge on any atom is -0.482 e. The molecule has 1 saturated heterocycles. The molecule has 2 aliphatic heterocycles. The number of aryl methyl sites for hydroxylation is 1. The van der Waals surface area contributed by atoms with Gasteiger partial charge in [0.05, 0.1) is 17.8 Å². The normalized spacial score (nSPS) is 18.1. The molecule has 7 heteroatoms. The third-order valence-corrected chi connectivity index (χ3v) is 5.36. The molecule has 2 aliphatic rings. The van der Waals surface area contributed by atoms with Crippen LogP contribution in [0.15, 0.2) is 36.5 Å². The summed E-state index contributed by atoms with van der Waals surface area (Å²) in [6.07, 6.45) is 2.92. The molecule has 1 fully saturated rings. The Hall–Kier alpha value is -2.93. The van der Waals surface area contributed by atoms with Gasteiger partial charge in [0.2, 0.25) is 5.91 Å². The lowest BCUT2D eigenvalue weighted by atomic mass is 9.87. The van der Waals surface area contributed by atoms with Crippen molar-refractivity contribution >= 4 is 17.5 Å². The Balaban J connectivity index is 1.38. The van der Waals surface area contributed by atoms with E-state index in [4.69, 9.17) is 4.74 Å². The fourth-order valence-corrected chi connectivity index (χ4v) is 3.65. The van der Waals surface area contributed by atoms with Crippen molar-refractivity contribution in [3.05, 3.63) is 53.3 Å². The third kappa shape index (κ3) is 3.71. The molecule has 3 heterocycles. The fraction of sp³-hybridized carbons (Fsp3) is 0.381. The van der Waals surface area contributed by atoms with Crippen molar-refractivity contribution in [2.75, 3.05) is 25.0 Å².